The van der Waals surface area contributed by atoms with Crippen LogP contribution in [0.3, 0.4) is 0 Å². The van der Waals surface area contributed by atoms with E-state index in [9.17, 15) is 4.79 Å². The van der Waals surface area contributed by atoms with Gasteiger partial charge < -0.3 is 16.0 Å². The molecule has 0 saturated carbocycles. The average molecular weight is 534 g/mol. The molecule has 7 heteroatoms. The highest BCUT2D eigenvalue weighted by Crippen LogP contribution is 2.22. The molecule has 0 spiro atoms. The number of benzene rings is 2. The lowest BCUT2D eigenvalue weighted by Gasteiger charge is -2.26. The number of aryl methyl sites for hydroxylation is 1. The summed E-state index contributed by atoms with van der Waals surface area (Å²) in [5, 5.41) is 10.4. The van der Waals surface area contributed by atoms with Crippen LogP contribution in [0.15, 0.2) is 64.8 Å². The van der Waals surface area contributed by atoms with E-state index in [0.29, 0.717) is 17.3 Å². The molecule has 1 aliphatic rings. The summed E-state index contributed by atoms with van der Waals surface area (Å²) in [6.45, 7) is 11.6. The van der Waals surface area contributed by atoms with Gasteiger partial charge in [-0.1, -0.05) is 65.7 Å². The number of amides is 1. The van der Waals surface area contributed by atoms with Gasteiger partial charge in [0.05, 0.1) is 0 Å². The Morgan fingerprint density at radius 2 is 1.85 bits per heavy atom. The van der Waals surface area contributed by atoms with Crippen LogP contribution in [0.4, 0.5) is 5.69 Å². The molecule has 1 heterocycles. The monoisotopic (exact) mass is 532 g/mol. The van der Waals surface area contributed by atoms with Crippen LogP contribution in [0.5, 0.6) is 0 Å². The Kier molecular flexibility index (Phi) is 12.3. The molecular formula is C26H34BrClN4O. The Labute approximate surface area is 211 Å². The summed E-state index contributed by atoms with van der Waals surface area (Å²) in [6, 6.07) is 13.6. The van der Waals surface area contributed by atoms with Gasteiger partial charge in [-0.3, -0.25) is 9.69 Å². The molecule has 0 radical (unpaired) electrons. The summed E-state index contributed by atoms with van der Waals surface area (Å²) < 4.78 is 0.974. The van der Waals surface area contributed by atoms with E-state index in [1.807, 2.05) is 75.4 Å². The van der Waals surface area contributed by atoms with E-state index >= 15 is 0 Å². The lowest BCUT2D eigenvalue weighted by atomic mass is 10.1. The Hall–Kier alpha value is -2.12. The minimum absolute atomic E-state index is 0.119. The summed E-state index contributed by atoms with van der Waals surface area (Å²) >= 11 is 9.49. The van der Waals surface area contributed by atoms with E-state index in [2.05, 4.69) is 36.8 Å². The van der Waals surface area contributed by atoms with Crippen LogP contribution in [0.1, 0.15) is 25.0 Å². The third kappa shape index (κ3) is 10.1. The Balaban J connectivity index is 0.00000187. The van der Waals surface area contributed by atoms with Crippen LogP contribution in [0.25, 0.3) is 6.08 Å². The molecule has 0 aromatic heterocycles. The second kappa shape index (κ2) is 14.9. The van der Waals surface area contributed by atoms with Gasteiger partial charge in [-0.15, -0.1) is 0 Å². The number of anilines is 1. The summed E-state index contributed by atoms with van der Waals surface area (Å²) in [4.78, 5) is 14.9. The number of carbonyl (C=O) groups excluding carboxylic acids is 1. The van der Waals surface area contributed by atoms with Crippen LogP contribution in [-0.2, 0) is 4.79 Å². The van der Waals surface area contributed by atoms with Crippen molar-refractivity contribution in [2.75, 3.05) is 44.6 Å². The topological polar surface area (TPSA) is 56.4 Å². The molecule has 3 rings (SSSR count). The van der Waals surface area contributed by atoms with Crippen molar-refractivity contribution in [3.05, 3.63) is 80.9 Å². The number of piperazine rings is 1. The molecule has 1 amide bonds. The van der Waals surface area contributed by atoms with E-state index in [1.54, 1.807) is 6.08 Å². The number of carbonyl (C=O) groups is 1. The van der Waals surface area contributed by atoms with Gasteiger partial charge in [-0.2, -0.15) is 0 Å². The number of halogens is 2. The number of nitrogens with zero attached hydrogens (tertiary/aromatic N) is 1. The van der Waals surface area contributed by atoms with Gasteiger partial charge in [-0.05, 0) is 48.4 Å². The number of hydrogen-bond acceptors (Lipinski definition) is 4. The molecule has 1 saturated heterocycles. The van der Waals surface area contributed by atoms with Gasteiger partial charge >= 0.3 is 0 Å². The molecule has 0 unspecified atom stereocenters. The van der Waals surface area contributed by atoms with Crippen molar-refractivity contribution in [2.24, 2.45) is 0 Å². The highest BCUT2D eigenvalue weighted by atomic mass is 79.9. The summed E-state index contributed by atoms with van der Waals surface area (Å²) in [6.07, 6.45) is 5.46. The highest BCUT2D eigenvalue weighted by Gasteiger charge is 2.09. The van der Waals surface area contributed by atoms with Crippen molar-refractivity contribution >= 4 is 45.2 Å². The largest absolute Gasteiger partial charge is 0.355 e. The quantitative estimate of drug-likeness (QED) is 0.311. The molecule has 5 nitrogen and oxygen atoms in total. The molecule has 33 heavy (non-hydrogen) atoms. The zero-order chi connectivity index (χ0) is 24.1. The minimum atomic E-state index is -0.119. The Morgan fingerprint density at radius 1 is 1.15 bits per heavy atom. The van der Waals surface area contributed by atoms with Crippen LogP contribution >= 0.6 is 27.5 Å². The summed E-state index contributed by atoms with van der Waals surface area (Å²) in [7, 11) is 0. The molecular weight excluding hydrogens is 500 g/mol. The maximum Gasteiger partial charge on any atom is 0.246 e. The number of allylic oxidation sites excluding steroid dienone is 1. The summed E-state index contributed by atoms with van der Waals surface area (Å²) in [5.41, 5.74) is 3.74. The van der Waals surface area contributed by atoms with E-state index < -0.39 is 0 Å². The fraction of sp³-hybridized carbons (Fsp3) is 0.346. The van der Waals surface area contributed by atoms with Gasteiger partial charge in [0.2, 0.25) is 5.91 Å². The highest BCUT2D eigenvalue weighted by molar-refractivity contribution is 9.10. The predicted molar refractivity (Wildman–Crippen MR) is 145 cm³/mol. The third-order valence-electron chi connectivity index (χ3n) is 5.03. The van der Waals surface area contributed by atoms with Crippen molar-refractivity contribution in [3.8, 4) is 0 Å². The second-order valence-corrected chi connectivity index (χ2v) is 8.80. The van der Waals surface area contributed by atoms with Gasteiger partial charge in [0.25, 0.3) is 0 Å². The first-order valence-electron chi connectivity index (χ1n) is 11.4. The zero-order valence-electron chi connectivity index (χ0n) is 19.6. The van der Waals surface area contributed by atoms with Gasteiger partial charge in [0.1, 0.15) is 0 Å². The average Bonchev–Trinajstić information content (AvgIpc) is 2.83. The molecule has 0 atom stereocenters. The molecule has 178 valence electrons. The second-order valence-electron chi connectivity index (χ2n) is 7.45. The van der Waals surface area contributed by atoms with Gasteiger partial charge in [0.15, 0.2) is 0 Å². The van der Waals surface area contributed by atoms with Crippen LogP contribution in [0, 0.1) is 6.92 Å². The molecule has 0 aliphatic carbocycles. The maximum absolute atomic E-state index is 12.6. The Bertz CT molecular complexity index is 938. The van der Waals surface area contributed by atoms with Crippen molar-refractivity contribution in [2.45, 2.75) is 20.8 Å². The molecule has 1 fully saturated rings. The van der Waals surface area contributed by atoms with Crippen molar-refractivity contribution in [1.82, 2.24) is 15.5 Å². The van der Waals surface area contributed by atoms with Crippen LogP contribution in [-0.4, -0.2) is 50.1 Å². The smallest absolute Gasteiger partial charge is 0.246 e. The Morgan fingerprint density at radius 3 is 2.55 bits per heavy atom. The minimum Gasteiger partial charge on any atom is -0.355 e. The van der Waals surface area contributed by atoms with Crippen molar-refractivity contribution < 1.29 is 4.79 Å². The predicted octanol–water partition coefficient (Wildman–Crippen LogP) is 5.47. The number of nitrogens with one attached hydrogen (secondary N) is 3. The first kappa shape index (κ1) is 27.1. The van der Waals surface area contributed by atoms with Gasteiger partial charge in [-0.25, -0.2) is 0 Å². The lowest BCUT2D eigenvalue weighted by molar-refractivity contribution is -0.116. The van der Waals surface area contributed by atoms with E-state index in [4.69, 9.17) is 11.6 Å². The van der Waals surface area contributed by atoms with Crippen LogP contribution in [0.2, 0.25) is 5.02 Å². The molecule has 2 aromatic rings. The first-order chi connectivity index (χ1) is 16.0. The third-order valence-corrected chi connectivity index (χ3v) is 5.77. The number of rotatable bonds is 8. The normalized spacial score (nSPS) is 14.5. The molecule has 1 aliphatic heterocycles. The van der Waals surface area contributed by atoms with E-state index in [1.165, 1.54) is 0 Å². The van der Waals surface area contributed by atoms with Crippen molar-refractivity contribution in [1.29, 1.82) is 0 Å². The molecule has 2 aromatic carbocycles. The number of hydrogen-bond donors (Lipinski definition) is 3. The zero-order valence-corrected chi connectivity index (χ0v) is 22.0. The fourth-order valence-electron chi connectivity index (χ4n) is 3.23. The standard InChI is InChI=1S/C24H28BrClN4O.C2H6/c1-18-2-6-20(25)16-23(18)29-22(9-5-19-3-7-21(26)8-4-19)17-24(31)28-12-15-30-13-10-27-11-14-30;1-2/h2-9,16-17,27,29H,10-15H2,1H3,(H,28,31);1-2H3/b9-5+,22-17+;. The molecule has 0 bridgehead atoms. The van der Waals surface area contributed by atoms with Crippen LogP contribution < -0.4 is 16.0 Å². The first-order valence-corrected chi connectivity index (χ1v) is 12.6. The fourth-order valence-corrected chi connectivity index (χ4v) is 3.72. The van der Waals surface area contributed by atoms with E-state index in [0.717, 1.165) is 54.0 Å². The molecule has 3 N–H and O–H groups in total. The summed E-state index contributed by atoms with van der Waals surface area (Å²) in [5.74, 6) is -0.119. The lowest BCUT2D eigenvalue weighted by Crippen LogP contribution is -2.46. The van der Waals surface area contributed by atoms with E-state index in [-0.39, 0.29) is 5.91 Å². The van der Waals surface area contributed by atoms with Crippen molar-refractivity contribution in [3.63, 3.8) is 0 Å². The SMILES string of the molecule is CC.Cc1ccc(Br)cc1NC(/C=C/c1ccc(Cl)cc1)=C/C(=O)NCCN1CCNCC1. The maximum atomic E-state index is 12.6. The van der Waals surface area contributed by atoms with Gasteiger partial charge in [0, 0.05) is 66.2 Å².